The highest BCUT2D eigenvalue weighted by Gasteiger charge is 2.25. The highest BCUT2D eigenvalue weighted by atomic mass is 16.1. The minimum absolute atomic E-state index is 0.0567. The third-order valence-corrected chi connectivity index (χ3v) is 7.25. The lowest BCUT2D eigenvalue weighted by Gasteiger charge is -2.38. The van der Waals surface area contributed by atoms with Crippen LogP contribution in [0.15, 0.2) is 59.7 Å². The summed E-state index contributed by atoms with van der Waals surface area (Å²) in [5.74, 6) is 0.704. The molecule has 35 heavy (non-hydrogen) atoms. The van der Waals surface area contributed by atoms with Crippen LogP contribution in [0.2, 0.25) is 0 Å². The third-order valence-electron chi connectivity index (χ3n) is 7.25. The van der Waals surface area contributed by atoms with E-state index in [0.717, 1.165) is 51.4 Å². The molecule has 3 aromatic rings. The van der Waals surface area contributed by atoms with Gasteiger partial charge in [0.05, 0.1) is 5.69 Å². The van der Waals surface area contributed by atoms with Gasteiger partial charge in [-0.15, -0.1) is 0 Å². The molecule has 2 aliphatic heterocycles. The molecule has 0 aliphatic carbocycles. The topological polar surface area (TPSA) is 69.5 Å². The Morgan fingerprint density at radius 3 is 2.34 bits per heavy atom. The number of aromatic nitrogens is 3. The van der Waals surface area contributed by atoms with Crippen LogP contribution in [0.25, 0.3) is 11.3 Å². The van der Waals surface area contributed by atoms with E-state index in [0.29, 0.717) is 17.7 Å². The van der Waals surface area contributed by atoms with Crippen LogP contribution in [0.5, 0.6) is 0 Å². The highest BCUT2D eigenvalue weighted by molar-refractivity contribution is 5.59. The maximum atomic E-state index is 12.7. The maximum absolute atomic E-state index is 12.7. The molecule has 0 radical (unpaired) electrons. The fourth-order valence-electron chi connectivity index (χ4n) is 5.05. The molecule has 0 amide bonds. The SMILES string of the molecule is CC(C)N1CCN(c2ccc(C3CN(c4nc(-c5ccncc5)cc(=O)n4C)CCN3)cc2)CC1. The number of nitrogens with one attached hydrogen (secondary N) is 1. The summed E-state index contributed by atoms with van der Waals surface area (Å²) in [6.07, 6.45) is 3.45. The zero-order chi connectivity index (χ0) is 24.4. The number of piperazine rings is 2. The Hall–Kier alpha value is -3.23. The van der Waals surface area contributed by atoms with E-state index in [1.54, 1.807) is 30.1 Å². The van der Waals surface area contributed by atoms with Crippen LogP contribution in [-0.4, -0.2) is 71.3 Å². The number of pyridine rings is 1. The second-order valence-corrected chi connectivity index (χ2v) is 9.74. The summed E-state index contributed by atoms with van der Waals surface area (Å²) >= 11 is 0. The number of rotatable bonds is 5. The van der Waals surface area contributed by atoms with Crippen LogP contribution in [0, 0.1) is 0 Å². The number of benzene rings is 1. The van der Waals surface area contributed by atoms with Gasteiger partial charge >= 0.3 is 0 Å². The predicted octanol–water partition coefficient (Wildman–Crippen LogP) is 2.52. The molecule has 2 aliphatic rings. The molecule has 2 aromatic heterocycles. The lowest BCUT2D eigenvalue weighted by molar-refractivity contribution is 0.209. The predicted molar refractivity (Wildman–Crippen MR) is 141 cm³/mol. The van der Waals surface area contributed by atoms with Crippen molar-refractivity contribution in [3.8, 4) is 11.3 Å². The molecule has 0 saturated carbocycles. The summed E-state index contributed by atoms with van der Waals surface area (Å²) in [5, 5.41) is 3.65. The fraction of sp³-hybridized carbons (Fsp3) is 0.444. The van der Waals surface area contributed by atoms with Crippen molar-refractivity contribution in [3.63, 3.8) is 0 Å². The van der Waals surface area contributed by atoms with Gasteiger partial charge in [0.25, 0.3) is 5.56 Å². The van der Waals surface area contributed by atoms with Gasteiger partial charge in [0, 0.05) is 94.7 Å². The van der Waals surface area contributed by atoms with Crippen molar-refractivity contribution in [2.75, 3.05) is 55.6 Å². The Kier molecular flexibility index (Phi) is 6.83. The molecule has 1 N–H and O–H groups in total. The van der Waals surface area contributed by atoms with Crippen molar-refractivity contribution >= 4 is 11.6 Å². The van der Waals surface area contributed by atoms with E-state index in [1.807, 2.05) is 12.1 Å². The summed E-state index contributed by atoms with van der Waals surface area (Å²) in [4.78, 5) is 28.9. The van der Waals surface area contributed by atoms with Gasteiger partial charge in [-0.25, -0.2) is 4.98 Å². The van der Waals surface area contributed by atoms with Crippen molar-refractivity contribution in [2.45, 2.75) is 25.9 Å². The second-order valence-electron chi connectivity index (χ2n) is 9.74. The Morgan fingerprint density at radius 2 is 1.66 bits per heavy atom. The van der Waals surface area contributed by atoms with Crippen molar-refractivity contribution in [1.29, 1.82) is 0 Å². The third kappa shape index (κ3) is 5.09. The van der Waals surface area contributed by atoms with Gasteiger partial charge in [0.1, 0.15) is 0 Å². The molecule has 184 valence electrons. The fourth-order valence-corrected chi connectivity index (χ4v) is 5.05. The average Bonchev–Trinajstić information content (AvgIpc) is 2.91. The van der Waals surface area contributed by atoms with E-state index in [2.05, 4.69) is 63.1 Å². The molecule has 1 unspecified atom stereocenters. The van der Waals surface area contributed by atoms with Gasteiger partial charge in [-0.1, -0.05) is 12.1 Å². The Bertz CT molecular complexity index is 1180. The van der Waals surface area contributed by atoms with E-state index >= 15 is 0 Å². The van der Waals surface area contributed by atoms with E-state index < -0.39 is 0 Å². The monoisotopic (exact) mass is 473 g/mol. The summed E-state index contributed by atoms with van der Waals surface area (Å²) in [5.41, 5.74) is 4.07. The first-order valence-corrected chi connectivity index (χ1v) is 12.6. The van der Waals surface area contributed by atoms with E-state index in [-0.39, 0.29) is 11.6 Å². The molecule has 1 aromatic carbocycles. The van der Waals surface area contributed by atoms with Gasteiger partial charge in [-0.05, 0) is 43.7 Å². The van der Waals surface area contributed by atoms with Crippen molar-refractivity contribution in [2.24, 2.45) is 7.05 Å². The van der Waals surface area contributed by atoms with Crippen LogP contribution in [0.1, 0.15) is 25.5 Å². The van der Waals surface area contributed by atoms with Gasteiger partial charge in [-0.3, -0.25) is 19.2 Å². The van der Waals surface area contributed by atoms with E-state index in [9.17, 15) is 4.79 Å². The summed E-state index contributed by atoms with van der Waals surface area (Å²) in [6, 6.07) is 15.1. The molecule has 4 heterocycles. The summed E-state index contributed by atoms with van der Waals surface area (Å²) < 4.78 is 1.65. The Balaban J connectivity index is 1.31. The molecule has 1 atom stereocenters. The molecule has 2 fully saturated rings. The number of anilines is 2. The van der Waals surface area contributed by atoms with Gasteiger partial charge < -0.3 is 15.1 Å². The Labute approximate surface area is 207 Å². The van der Waals surface area contributed by atoms with Gasteiger partial charge in [0.2, 0.25) is 5.95 Å². The van der Waals surface area contributed by atoms with E-state index in [1.165, 1.54) is 11.3 Å². The van der Waals surface area contributed by atoms with Crippen molar-refractivity contribution in [1.82, 2.24) is 24.8 Å². The largest absolute Gasteiger partial charge is 0.369 e. The van der Waals surface area contributed by atoms with E-state index in [4.69, 9.17) is 4.98 Å². The van der Waals surface area contributed by atoms with Crippen molar-refractivity contribution in [3.05, 3.63) is 70.8 Å². The molecular formula is C27H35N7O. The van der Waals surface area contributed by atoms with Crippen molar-refractivity contribution < 1.29 is 0 Å². The molecule has 0 bridgehead atoms. The molecule has 2 saturated heterocycles. The first kappa shape index (κ1) is 23.5. The van der Waals surface area contributed by atoms with Crippen LogP contribution in [0.3, 0.4) is 0 Å². The zero-order valence-electron chi connectivity index (χ0n) is 20.9. The molecular weight excluding hydrogens is 438 g/mol. The lowest BCUT2D eigenvalue weighted by atomic mass is 10.0. The first-order chi connectivity index (χ1) is 17.0. The minimum atomic E-state index is -0.0567. The minimum Gasteiger partial charge on any atom is -0.369 e. The second kappa shape index (κ2) is 10.2. The molecule has 5 rings (SSSR count). The molecule has 8 heteroatoms. The average molecular weight is 474 g/mol. The number of hydrogen-bond donors (Lipinski definition) is 1. The van der Waals surface area contributed by atoms with Crippen LogP contribution >= 0.6 is 0 Å². The van der Waals surface area contributed by atoms with Gasteiger partial charge in [0.15, 0.2) is 0 Å². The number of hydrogen-bond acceptors (Lipinski definition) is 7. The lowest BCUT2D eigenvalue weighted by Crippen LogP contribution is -2.49. The smallest absolute Gasteiger partial charge is 0.255 e. The Morgan fingerprint density at radius 1 is 0.943 bits per heavy atom. The number of nitrogens with zero attached hydrogens (tertiary/aromatic N) is 6. The van der Waals surface area contributed by atoms with Crippen LogP contribution in [-0.2, 0) is 7.05 Å². The standard InChI is InChI=1S/C27H35N7O/c1-20(2)32-14-16-33(17-15-32)23-6-4-21(5-7-23)25-19-34(13-12-29-25)27-30-24(18-26(35)31(27)3)22-8-10-28-11-9-22/h4-11,18,20,25,29H,12-17,19H2,1-3H3. The summed E-state index contributed by atoms with van der Waals surface area (Å²) in [7, 11) is 1.80. The highest BCUT2D eigenvalue weighted by Crippen LogP contribution is 2.25. The zero-order valence-corrected chi connectivity index (χ0v) is 20.9. The summed E-state index contributed by atoms with van der Waals surface area (Å²) in [6.45, 7) is 11.3. The van der Waals surface area contributed by atoms with Crippen LogP contribution in [0.4, 0.5) is 11.6 Å². The molecule has 8 nitrogen and oxygen atoms in total. The van der Waals surface area contributed by atoms with Gasteiger partial charge in [-0.2, -0.15) is 0 Å². The first-order valence-electron chi connectivity index (χ1n) is 12.6. The maximum Gasteiger partial charge on any atom is 0.255 e. The normalized spacial score (nSPS) is 19.4. The molecule has 0 spiro atoms. The quantitative estimate of drug-likeness (QED) is 0.611. The van der Waals surface area contributed by atoms with Crippen LogP contribution < -0.4 is 20.7 Å².